The molecule has 1 aromatic rings. The van der Waals surface area contributed by atoms with Crippen molar-refractivity contribution in [3.05, 3.63) is 29.8 Å². The van der Waals surface area contributed by atoms with Gasteiger partial charge in [0.05, 0.1) is 32.8 Å². The molecule has 2 rings (SSSR count). The molecule has 0 atom stereocenters. The molecule has 1 amide bonds. The van der Waals surface area contributed by atoms with Crippen molar-refractivity contribution in [3.63, 3.8) is 0 Å². The molecule has 1 fully saturated rings. The number of carbonyl (C=O) groups excluding carboxylic acids is 2. The molecule has 7 heteroatoms. The SMILES string of the molecule is COC(=O)CCN(CCN1CCOCC1)C(=O)c1ccc(OC(C)C)cc1. The summed E-state index contributed by atoms with van der Waals surface area (Å²) in [6, 6.07) is 7.13. The van der Waals surface area contributed by atoms with E-state index in [1.165, 1.54) is 7.11 Å². The Morgan fingerprint density at radius 1 is 1.15 bits per heavy atom. The molecule has 27 heavy (non-hydrogen) atoms. The van der Waals surface area contributed by atoms with Gasteiger partial charge in [-0.2, -0.15) is 0 Å². The quantitative estimate of drug-likeness (QED) is 0.611. The fourth-order valence-electron chi connectivity index (χ4n) is 2.86. The highest BCUT2D eigenvalue weighted by Gasteiger charge is 2.19. The normalized spacial score (nSPS) is 14.8. The predicted molar refractivity (Wildman–Crippen MR) is 102 cm³/mol. The summed E-state index contributed by atoms with van der Waals surface area (Å²) in [4.78, 5) is 28.4. The van der Waals surface area contributed by atoms with E-state index >= 15 is 0 Å². The third kappa shape index (κ3) is 7.19. The van der Waals surface area contributed by atoms with Crippen molar-refractivity contribution in [2.24, 2.45) is 0 Å². The number of rotatable bonds is 9. The van der Waals surface area contributed by atoms with Crippen LogP contribution in [0.4, 0.5) is 0 Å². The Balaban J connectivity index is 2.00. The molecule has 1 aliphatic rings. The van der Waals surface area contributed by atoms with Crippen molar-refractivity contribution in [2.75, 3.05) is 53.0 Å². The second-order valence-electron chi connectivity index (χ2n) is 6.76. The summed E-state index contributed by atoms with van der Waals surface area (Å²) in [6.45, 7) is 8.71. The summed E-state index contributed by atoms with van der Waals surface area (Å²) in [7, 11) is 1.36. The molecule has 0 saturated carbocycles. The first kappa shape index (κ1) is 21.2. The Kier molecular flexibility index (Phi) is 8.54. The van der Waals surface area contributed by atoms with Crippen molar-refractivity contribution in [2.45, 2.75) is 26.4 Å². The van der Waals surface area contributed by atoms with Crippen molar-refractivity contribution >= 4 is 11.9 Å². The maximum Gasteiger partial charge on any atom is 0.307 e. The molecule has 7 nitrogen and oxygen atoms in total. The minimum Gasteiger partial charge on any atom is -0.491 e. The third-order valence-corrected chi connectivity index (χ3v) is 4.36. The molecule has 0 spiro atoms. The zero-order valence-corrected chi connectivity index (χ0v) is 16.5. The molecular formula is C20H30N2O5. The van der Waals surface area contributed by atoms with E-state index in [-0.39, 0.29) is 24.4 Å². The number of ether oxygens (including phenoxy) is 3. The fourth-order valence-corrected chi connectivity index (χ4v) is 2.86. The molecule has 0 aliphatic carbocycles. The molecule has 1 aliphatic heterocycles. The van der Waals surface area contributed by atoms with E-state index in [1.54, 1.807) is 29.2 Å². The molecule has 150 valence electrons. The fraction of sp³-hybridized carbons (Fsp3) is 0.600. The van der Waals surface area contributed by atoms with Crippen molar-refractivity contribution in [3.8, 4) is 5.75 Å². The molecule has 0 aromatic heterocycles. The summed E-state index contributed by atoms with van der Waals surface area (Å²) in [6.07, 6.45) is 0.261. The van der Waals surface area contributed by atoms with E-state index in [0.29, 0.717) is 31.9 Å². The van der Waals surface area contributed by atoms with E-state index in [4.69, 9.17) is 14.2 Å². The van der Waals surface area contributed by atoms with E-state index in [1.807, 2.05) is 13.8 Å². The first-order chi connectivity index (χ1) is 13.0. The van der Waals surface area contributed by atoms with Crippen LogP contribution in [0.15, 0.2) is 24.3 Å². The molecule has 0 radical (unpaired) electrons. The summed E-state index contributed by atoms with van der Waals surface area (Å²) < 4.78 is 15.7. The van der Waals surface area contributed by atoms with Crippen LogP contribution >= 0.6 is 0 Å². The summed E-state index contributed by atoms with van der Waals surface area (Å²) in [5, 5.41) is 0. The summed E-state index contributed by atoms with van der Waals surface area (Å²) in [5.74, 6) is 0.319. The van der Waals surface area contributed by atoms with Crippen molar-refractivity contribution < 1.29 is 23.8 Å². The van der Waals surface area contributed by atoms with Crippen LogP contribution in [0.1, 0.15) is 30.6 Å². The summed E-state index contributed by atoms with van der Waals surface area (Å²) >= 11 is 0. The number of benzene rings is 1. The van der Waals surface area contributed by atoms with Gasteiger partial charge in [-0.3, -0.25) is 14.5 Å². The minimum atomic E-state index is -0.320. The third-order valence-electron chi connectivity index (χ3n) is 4.36. The van der Waals surface area contributed by atoms with Gasteiger partial charge in [0.15, 0.2) is 0 Å². The number of amides is 1. The number of nitrogens with zero attached hydrogens (tertiary/aromatic N) is 2. The molecule has 0 bridgehead atoms. The molecule has 1 aromatic carbocycles. The lowest BCUT2D eigenvalue weighted by Gasteiger charge is -2.30. The van der Waals surface area contributed by atoms with Gasteiger partial charge in [-0.15, -0.1) is 0 Å². The molecular weight excluding hydrogens is 348 g/mol. The van der Waals surface area contributed by atoms with Gasteiger partial charge in [0.1, 0.15) is 5.75 Å². The van der Waals surface area contributed by atoms with Gasteiger partial charge >= 0.3 is 5.97 Å². The van der Waals surface area contributed by atoms with E-state index < -0.39 is 0 Å². The van der Waals surface area contributed by atoms with Crippen LogP contribution in [0.2, 0.25) is 0 Å². The number of carbonyl (C=O) groups is 2. The first-order valence-corrected chi connectivity index (χ1v) is 9.42. The van der Waals surface area contributed by atoms with E-state index in [0.717, 1.165) is 25.4 Å². The average Bonchev–Trinajstić information content (AvgIpc) is 2.68. The maximum atomic E-state index is 12.9. The van der Waals surface area contributed by atoms with Gasteiger partial charge in [-0.1, -0.05) is 0 Å². The molecule has 1 saturated heterocycles. The standard InChI is InChI=1S/C20H30N2O5/c1-16(2)27-18-6-4-17(5-7-18)20(24)22(9-8-19(23)25-3)11-10-21-12-14-26-15-13-21/h4-7,16H,8-15H2,1-3H3. The average molecular weight is 378 g/mol. The van der Waals surface area contributed by atoms with Crippen LogP contribution in [0.25, 0.3) is 0 Å². The Morgan fingerprint density at radius 3 is 2.41 bits per heavy atom. The molecule has 1 heterocycles. The van der Waals surface area contributed by atoms with Gasteiger partial charge in [0.2, 0.25) is 0 Å². The van der Waals surface area contributed by atoms with Gasteiger partial charge in [0.25, 0.3) is 5.91 Å². The lowest BCUT2D eigenvalue weighted by molar-refractivity contribution is -0.140. The maximum absolute atomic E-state index is 12.9. The highest BCUT2D eigenvalue weighted by atomic mass is 16.5. The first-order valence-electron chi connectivity index (χ1n) is 9.42. The second-order valence-corrected chi connectivity index (χ2v) is 6.76. The Morgan fingerprint density at radius 2 is 1.81 bits per heavy atom. The smallest absolute Gasteiger partial charge is 0.307 e. The number of hydrogen-bond acceptors (Lipinski definition) is 6. The van der Waals surface area contributed by atoms with Crippen molar-refractivity contribution in [1.29, 1.82) is 0 Å². The Hall–Kier alpha value is -2.12. The molecule has 0 N–H and O–H groups in total. The number of hydrogen-bond donors (Lipinski definition) is 0. The Bertz CT molecular complexity index is 597. The topological polar surface area (TPSA) is 68.3 Å². The number of morpholine rings is 1. The zero-order chi connectivity index (χ0) is 19.6. The largest absolute Gasteiger partial charge is 0.491 e. The highest BCUT2D eigenvalue weighted by Crippen LogP contribution is 2.15. The molecule has 0 unspecified atom stereocenters. The van der Waals surface area contributed by atoms with Gasteiger partial charge in [-0.05, 0) is 38.1 Å². The van der Waals surface area contributed by atoms with Crippen LogP contribution in [-0.4, -0.2) is 80.8 Å². The van der Waals surface area contributed by atoms with Gasteiger partial charge in [0, 0.05) is 38.3 Å². The summed E-state index contributed by atoms with van der Waals surface area (Å²) in [5.41, 5.74) is 0.581. The lowest BCUT2D eigenvalue weighted by Crippen LogP contribution is -2.43. The van der Waals surface area contributed by atoms with Gasteiger partial charge in [-0.25, -0.2) is 0 Å². The van der Waals surface area contributed by atoms with Crippen LogP contribution in [-0.2, 0) is 14.3 Å². The van der Waals surface area contributed by atoms with Crippen molar-refractivity contribution in [1.82, 2.24) is 9.80 Å². The predicted octanol–water partition coefficient (Wildman–Crippen LogP) is 1.81. The zero-order valence-electron chi connectivity index (χ0n) is 16.5. The van der Waals surface area contributed by atoms with E-state index in [2.05, 4.69) is 4.90 Å². The number of methoxy groups -OCH3 is 1. The highest BCUT2D eigenvalue weighted by molar-refractivity contribution is 5.94. The van der Waals surface area contributed by atoms with E-state index in [9.17, 15) is 9.59 Å². The van der Waals surface area contributed by atoms with Crippen LogP contribution in [0.5, 0.6) is 5.75 Å². The Labute approximate surface area is 161 Å². The van der Waals surface area contributed by atoms with Gasteiger partial charge < -0.3 is 19.1 Å². The van der Waals surface area contributed by atoms with Crippen LogP contribution < -0.4 is 4.74 Å². The van der Waals surface area contributed by atoms with Crippen LogP contribution in [0.3, 0.4) is 0 Å². The second kappa shape index (κ2) is 10.9. The number of esters is 1. The monoisotopic (exact) mass is 378 g/mol. The minimum absolute atomic E-state index is 0.0802. The van der Waals surface area contributed by atoms with Crippen LogP contribution in [0, 0.1) is 0 Å². The lowest BCUT2D eigenvalue weighted by atomic mass is 10.1.